The second-order valence-electron chi connectivity index (χ2n) is 6.37. The van der Waals surface area contributed by atoms with Gasteiger partial charge in [0.05, 0.1) is 0 Å². The Morgan fingerprint density at radius 3 is 2.50 bits per heavy atom. The van der Waals surface area contributed by atoms with E-state index in [9.17, 15) is 22.0 Å². The highest BCUT2D eigenvalue weighted by Crippen LogP contribution is 2.25. The Bertz CT molecular complexity index is 976. The van der Waals surface area contributed by atoms with E-state index in [-0.39, 0.29) is 18.9 Å². The number of halogens is 2. The lowest BCUT2D eigenvalue weighted by molar-refractivity contribution is -0.117. The van der Waals surface area contributed by atoms with Crippen LogP contribution >= 0.6 is 0 Å². The Hall–Kier alpha value is -2.32. The average molecular weight is 380 g/mol. The first-order chi connectivity index (χ1) is 12.2. The number of sulfonamides is 1. The molecule has 3 rings (SSSR count). The lowest BCUT2D eigenvalue weighted by Crippen LogP contribution is -2.37. The number of anilines is 1. The van der Waals surface area contributed by atoms with Crippen LogP contribution in [0.1, 0.15) is 17.5 Å². The molecule has 1 unspecified atom stereocenters. The smallest absolute Gasteiger partial charge is 0.243 e. The monoisotopic (exact) mass is 380 g/mol. The molecule has 0 radical (unpaired) electrons. The van der Waals surface area contributed by atoms with Crippen LogP contribution in [0.25, 0.3) is 0 Å². The van der Waals surface area contributed by atoms with Crippen molar-refractivity contribution >= 4 is 21.6 Å². The molecule has 1 N–H and O–H groups in total. The number of carbonyl (C=O) groups is 1. The van der Waals surface area contributed by atoms with Crippen LogP contribution in [0.2, 0.25) is 0 Å². The van der Waals surface area contributed by atoms with Gasteiger partial charge in [-0.3, -0.25) is 4.79 Å². The molecule has 0 bridgehead atoms. The number of benzene rings is 2. The number of hydrogen-bond donors (Lipinski definition) is 1. The molecular formula is C18H18F2N2O3S. The van der Waals surface area contributed by atoms with Gasteiger partial charge in [0.15, 0.2) is 0 Å². The molecule has 138 valence electrons. The van der Waals surface area contributed by atoms with E-state index in [1.165, 1.54) is 4.90 Å². The summed E-state index contributed by atoms with van der Waals surface area (Å²) in [5, 5.41) is 0. The minimum Gasteiger partial charge on any atom is -0.311 e. The third-order valence-corrected chi connectivity index (χ3v) is 5.97. The van der Waals surface area contributed by atoms with E-state index in [1.54, 1.807) is 6.07 Å². The minimum atomic E-state index is -4.28. The molecule has 1 aliphatic heterocycles. The number of hydrogen-bond acceptors (Lipinski definition) is 3. The van der Waals surface area contributed by atoms with Crippen LogP contribution in [0.3, 0.4) is 0 Å². The highest BCUT2D eigenvalue weighted by molar-refractivity contribution is 7.89. The first-order valence-corrected chi connectivity index (χ1v) is 9.51. The van der Waals surface area contributed by atoms with Gasteiger partial charge in [0.1, 0.15) is 16.5 Å². The fourth-order valence-corrected chi connectivity index (χ4v) is 4.21. The fraction of sp³-hybridized carbons (Fsp3) is 0.278. The number of rotatable bonds is 4. The summed E-state index contributed by atoms with van der Waals surface area (Å²) in [6, 6.07) is 7.03. The fourth-order valence-electron chi connectivity index (χ4n) is 2.90. The summed E-state index contributed by atoms with van der Waals surface area (Å²) >= 11 is 0. The first-order valence-electron chi connectivity index (χ1n) is 8.02. The Balaban J connectivity index is 1.80. The van der Waals surface area contributed by atoms with Gasteiger partial charge in [-0.2, -0.15) is 0 Å². The Morgan fingerprint density at radius 2 is 1.81 bits per heavy atom. The highest BCUT2D eigenvalue weighted by Gasteiger charge is 2.34. The molecule has 5 nitrogen and oxygen atoms in total. The number of amides is 1. The van der Waals surface area contributed by atoms with Crippen LogP contribution in [-0.4, -0.2) is 26.9 Å². The lowest BCUT2D eigenvalue weighted by atomic mass is 10.1. The maximum atomic E-state index is 13.8. The zero-order valence-corrected chi connectivity index (χ0v) is 15.1. The van der Waals surface area contributed by atoms with E-state index in [1.807, 2.05) is 26.0 Å². The Kier molecular flexibility index (Phi) is 4.81. The van der Waals surface area contributed by atoms with Crippen LogP contribution in [0.15, 0.2) is 41.3 Å². The molecule has 1 amide bonds. The van der Waals surface area contributed by atoms with E-state index in [4.69, 9.17) is 0 Å². The SMILES string of the molecule is Cc1ccc(N2CC(NS(=O)(=O)c3cc(F)ccc3F)CC2=O)cc1C. The van der Waals surface area contributed by atoms with Crippen LogP contribution in [0.5, 0.6) is 0 Å². The Morgan fingerprint density at radius 1 is 1.08 bits per heavy atom. The molecule has 8 heteroatoms. The molecule has 1 heterocycles. The number of carbonyl (C=O) groups excluding carboxylic acids is 1. The molecule has 0 aromatic heterocycles. The van der Waals surface area contributed by atoms with E-state index >= 15 is 0 Å². The molecule has 1 atom stereocenters. The number of aryl methyl sites for hydroxylation is 2. The van der Waals surface area contributed by atoms with Gasteiger partial charge in [0, 0.05) is 24.7 Å². The van der Waals surface area contributed by atoms with Crippen molar-refractivity contribution in [1.82, 2.24) is 4.72 Å². The first kappa shape index (κ1) is 18.5. The molecule has 26 heavy (non-hydrogen) atoms. The topological polar surface area (TPSA) is 66.5 Å². The van der Waals surface area contributed by atoms with E-state index < -0.39 is 32.6 Å². The largest absolute Gasteiger partial charge is 0.311 e. The van der Waals surface area contributed by atoms with Crippen LogP contribution in [0, 0.1) is 25.5 Å². The van der Waals surface area contributed by atoms with Gasteiger partial charge in [-0.1, -0.05) is 6.07 Å². The molecule has 2 aromatic carbocycles. The van der Waals surface area contributed by atoms with Gasteiger partial charge in [-0.25, -0.2) is 21.9 Å². The second-order valence-corrected chi connectivity index (χ2v) is 8.05. The van der Waals surface area contributed by atoms with Crippen molar-refractivity contribution in [2.24, 2.45) is 0 Å². The zero-order chi connectivity index (χ0) is 19.1. The van der Waals surface area contributed by atoms with E-state index in [2.05, 4.69) is 4.72 Å². The molecule has 0 spiro atoms. The number of nitrogens with zero attached hydrogens (tertiary/aromatic N) is 1. The molecule has 1 saturated heterocycles. The quantitative estimate of drug-likeness (QED) is 0.887. The van der Waals surface area contributed by atoms with Crippen molar-refractivity contribution < 1.29 is 22.0 Å². The van der Waals surface area contributed by atoms with Gasteiger partial charge in [0.2, 0.25) is 15.9 Å². The van der Waals surface area contributed by atoms with Crippen molar-refractivity contribution in [2.45, 2.75) is 31.2 Å². The zero-order valence-electron chi connectivity index (χ0n) is 14.3. The summed E-state index contributed by atoms with van der Waals surface area (Å²) in [6.45, 7) is 4.00. The van der Waals surface area contributed by atoms with Gasteiger partial charge in [-0.05, 0) is 55.3 Å². The summed E-state index contributed by atoms with van der Waals surface area (Å²) in [6.07, 6.45) is -0.0525. The molecular weight excluding hydrogens is 362 g/mol. The van der Waals surface area contributed by atoms with Crippen LogP contribution < -0.4 is 9.62 Å². The van der Waals surface area contributed by atoms with Gasteiger partial charge in [0.25, 0.3) is 0 Å². The van der Waals surface area contributed by atoms with Gasteiger partial charge >= 0.3 is 0 Å². The van der Waals surface area contributed by atoms with Crippen molar-refractivity contribution in [2.75, 3.05) is 11.4 Å². The van der Waals surface area contributed by atoms with Gasteiger partial charge < -0.3 is 4.90 Å². The molecule has 1 aliphatic rings. The normalized spacial score (nSPS) is 17.8. The summed E-state index contributed by atoms with van der Waals surface area (Å²) in [7, 11) is -4.28. The van der Waals surface area contributed by atoms with Crippen molar-refractivity contribution in [1.29, 1.82) is 0 Å². The average Bonchev–Trinajstić information content (AvgIpc) is 2.92. The van der Waals surface area contributed by atoms with Crippen LogP contribution in [-0.2, 0) is 14.8 Å². The summed E-state index contributed by atoms with van der Waals surface area (Å²) in [5.74, 6) is -2.14. The lowest BCUT2D eigenvalue weighted by Gasteiger charge is -2.18. The molecule has 0 aliphatic carbocycles. The second kappa shape index (κ2) is 6.77. The maximum Gasteiger partial charge on any atom is 0.243 e. The standard InChI is InChI=1S/C18H18F2N2O3S/c1-11-3-5-15(7-12(11)2)22-10-14(9-18(22)23)21-26(24,25)17-8-13(19)4-6-16(17)20/h3-8,14,21H,9-10H2,1-2H3. The third kappa shape index (κ3) is 3.61. The maximum absolute atomic E-state index is 13.8. The third-order valence-electron chi connectivity index (χ3n) is 4.43. The summed E-state index contributed by atoms with van der Waals surface area (Å²) in [5.41, 5.74) is 2.78. The van der Waals surface area contributed by atoms with E-state index in [0.717, 1.165) is 23.3 Å². The Labute approximate surface area is 150 Å². The predicted octanol–water partition coefficient (Wildman–Crippen LogP) is 2.67. The summed E-state index contributed by atoms with van der Waals surface area (Å²) in [4.78, 5) is 13.0. The van der Waals surface area contributed by atoms with Crippen molar-refractivity contribution in [3.63, 3.8) is 0 Å². The molecule has 0 saturated carbocycles. The number of nitrogens with one attached hydrogen (secondary N) is 1. The predicted molar refractivity (Wildman–Crippen MR) is 93.4 cm³/mol. The van der Waals surface area contributed by atoms with Crippen molar-refractivity contribution in [3.8, 4) is 0 Å². The van der Waals surface area contributed by atoms with Gasteiger partial charge in [-0.15, -0.1) is 0 Å². The molecule has 2 aromatic rings. The van der Waals surface area contributed by atoms with Crippen LogP contribution in [0.4, 0.5) is 14.5 Å². The van der Waals surface area contributed by atoms with E-state index in [0.29, 0.717) is 11.8 Å². The van der Waals surface area contributed by atoms with Crippen molar-refractivity contribution in [3.05, 3.63) is 59.2 Å². The highest BCUT2D eigenvalue weighted by atomic mass is 32.2. The summed E-state index contributed by atoms with van der Waals surface area (Å²) < 4.78 is 54.1. The molecule has 1 fully saturated rings. The minimum absolute atomic E-state index is 0.0525.